The first-order valence-corrected chi connectivity index (χ1v) is 5.33. The second kappa shape index (κ2) is 5.26. The van der Waals surface area contributed by atoms with Crippen LogP contribution in [0.2, 0.25) is 0 Å². The van der Waals surface area contributed by atoms with Crippen molar-refractivity contribution >= 4 is 21.7 Å². The summed E-state index contributed by atoms with van der Waals surface area (Å²) in [6, 6.07) is 0.0422. The van der Waals surface area contributed by atoms with Crippen LogP contribution in [-0.2, 0) is 0 Å². The molecule has 1 aromatic heterocycles. The number of nitrogens with zero attached hydrogens (tertiary/aromatic N) is 2. The molecule has 1 heterocycles. The highest BCUT2D eigenvalue weighted by Crippen LogP contribution is 2.19. The fourth-order valence-electron chi connectivity index (χ4n) is 1.03. The Bertz CT molecular complexity index is 302. The van der Waals surface area contributed by atoms with Gasteiger partial charge in [-0.05, 0) is 29.3 Å². The Labute approximate surface area is 91.9 Å². The maximum absolute atomic E-state index is 9.03. The van der Waals surface area contributed by atoms with E-state index in [9.17, 15) is 0 Å². The Morgan fingerprint density at radius 2 is 2.36 bits per heavy atom. The lowest BCUT2D eigenvalue weighted by molar-refractivity contribution is 0.271. The first-order valence-electron chi connectivity index (χ1n) is 4.54. The number of aliphatic hydroxyl groups excluding tert-OH is 1. The number of aromatic nitrogens is 2. The van der Waals surface area contributed by atoms with Crippen molar-refractivity contribution in [3.05, 3.63) is 16.5 Å². The lowest BCUT2D eigenvalue weighted by Crippen LogP contribution is -2.23. The molecule has 4 nitrogen and oxygen atoms in total. The summed E-state index contributed by atoms with van der Waals surface area (Å²) in [5.74, 6) is 1.45. The van der Waals surface area contributed by atoms with Crippen LogP contribution in [0.1, 0.15) is 19.2 Å². The summed E-state index contributed by atoms with van der Waals surface area (Å²) in [5.41, 5.74) is 0. The predicted molar refractivity (Wildman–Crippen MR) is 59.3 cm³/mol. The smallest absolute Gasteiger partial charge is 0.144 e. The van der Waals surface area contributed by atoms with Gasteiger partial charge in [-0.25, -0.2) is 9.97 Å². The lowest BCUT2D eigenvalue weighted by Gasteiger charge is -2.15. The zero-order chi connectivity index (χ0) is 10.6. The Balaban J connectivity index is 2.79. The van der Waals surface area contributed by atoms with Crippen molar-refractivity contribution in [1.29, 1.82) is 0 Å². The molecule has 1 atom stereocenters. The quantitative estimate of drug-likeness (QED) is 0.865. The van der Waals surface area contributed by atoms with E-state index >= 15 is 0 Å². The van der Waals surface area contributed by atoms with Crippen LogP contribution in [0.4, 0.5) is 5.82 Å². The number of halogens is 1. The van der Waals surface area contributed by atoms with E-state index < -0.39 is 0 Å². The summed E-state index contributed by atoms with van der Waals surface area (Å²) < 4.78 is 0.815. The van der Waals surface area contributed by atoms with E-state index in [1.807, 2.05) is 13.8 Å². The molecule has 0 bridgehead atoms. The van der Waals surface area contributed by atoms with Gasteiger partial charge in [-0.15, -0.1) is 0 Å². The number of hydrogen-bond donors (Lipinski definition) is 2. The second-order valence-corrected chi connectivity index (χ2v) is 3.90. The summed E-state index contributed by atoms with van der Waals surface area (Å²) in [7, 11) is 0. The number of aryl methyl sites for hydroxylation is 1. The molecule has 5 heteroatoms. The molecular weight excluding hydrogens is 246 g/mol. The van der Waals surface area contributed by atoms with Crippen molar-refractivity contribution in [1.82, 2.24) is 9.97 Å². The van der Waals surface area contributed by atoms with E-state index in [2.05, 4.69) is 31.2 Å². The van der Waals surface area contributed by atoms with Crippen molar-refractivity contribution in [3.63, 3.8) is 0 Å². The van der Waals surface area contributed by atoms with Gasteiger partial charge in [0.25, 0.3) is 0 Å². The van der Waals surface area contributed by atoms with Crippen LogP contribution >= 0.6 is 15.9 Å². The molecule has 78 valence electrons. The van der Waals surface area contributed by atoms with Crippen molar-refractivity contribution in [3.8, 4) is 0 Å². The summed E-state index contributed by atoms with van der Waals surface area (Å²) in [4.78, 5) is 8.27. The van der Waals surface area contributed by atoms with Gasteiger partial charge in [-0.3, -0.25) is 0 Å². The third-order valence-corrected chi connectivity index (χ3v) is 2.50. The van der Waals surface area contributed by atoms with Crippen LogP contribution in [0.25, 0.3) is 0 Å². The average molecular weight is 260 g/mol. The standard InChI is InChI=1S/C9H14BrN3O/c1-3-7(5-14)13-9-8(10)4-11-6(2)12-9/h4,7,14H,3,5H2,1-2H3,(H,11,12,13)/t7-/m0/s1. The van der Waals surface area contributed by atoms with Crippen LogP contribution in [0.3, 0.4) is 0 Å². The molecule has 2 N–H and O–H groups in total. The molecule has 0 aliphatic heterocycles. The Morgan fingerprint density at radius 1 is 1.64 bits per heavy atom. The number of rotatable bonds is 4. The third kappa shape index (κ3) is 2.92. The van der Waals surface area contributed by atoms with E-state index in [4.69, 9.17) is 5.11 Å². The first kappa shape index (κ1) is 11.4. The van der Waals surface area contributed by atoms with Crippen LogP contribution in [0.15, 0.2) is 10.7 Å². The van der Waals surface area contributed by atoms with Crippen LogP contribution in [0, 0.1) is 6.92 Å². The molecule has 0 aliphatic rings. The minimum absolute atomic E-state index is 0.0422. The van der Waals surface area contributed by atoms with Gasteiger partial charge >= 0.3 is 0 Å². The van der Waals surface area contributed by atoms with E-state index in [1.165, 1.54) is 0 Å². The Morgan fingerprint density at radius 3 is 2.93 bits per heavy atom. The highest BCUT2D eigenvalue weighted by atomic mass is 79.9. The van der Waals surface area contributed by atoms with Gasteiger partial charge in [0, 0.05) is 6.20 Å². The molecule has 1 rings (SSSR count). The van der Waals surface area contributed by atoms with Gasteiger partial charge in [0.15, 0.2) is 0 Å². The van der Waals surface area contributed by atoms with Gasteiger partial charge in [-0.2, -0.15) is 0 Å². The molecule has 0 spiro atoms. The summed E-state index contributed by atoms with van der Waals surface area (Å²) in [5, 5.41) is 12.2. The molecular formula is C9H14BrN3O. The van der Waals surface area contributed by atoms with Gasteiger partial charge < -0.3 is 10.4 Å². The average Bonchev–Trinajstić information content (AvgIpc) is 2.19. The van der Waals surface area contributed by atoms with E-state index in [0.29, 0.717) is 5.82 Å². The van der Waals surface area contributed by atoms with Crippen LogP contribution in [-0.4, -0.2) is 27.7 Å². The fraction of sp³-hybridized carbons (Fsp3) is 0.556. The third-order valence-electron chi connectivity index (χ3n) is 1.92. The van der Waals surface area contributed by atoms with Gasteiger partial charge in [-0.1, -0.05) is 6.92 Å². The maximum Gasteiger partial charge on any atom is 0.144 e. The number of hydrogen-bond acceptors (Lipinski definition) is 4. The zero-order valence-electron chi connectivity index (χ0n) is 8.29. The lowest BCUT2D eigenvalue weighted by atomic mass is 10.2. The SMILES string of the molecule is CC[C@@H](CO)Nc1nc(C)ncc1Br. The molecule has 0 unspecified atom stereocenters. The van der Waals surface area contributed by atoms with E-state index in [1.54, 1.807) is 6.20 Å². The summed E-state index contributed by atoms with van der Waals surface area (Å²) >= 11 is 3.35. The molecule has 0 fully saturated rings. The van der Waals surface area contributed by atoms with E-state index in [-0.39, 0.29) is 12.6 Å². The number of nitrogens with one attached hydrogen (secondary N) is 1. The molecule has 14 heavy (non-hydrogen) atoms. The Kier molecular flexibility index (Phi) is 4.28. The van der Waals surface area contributed by atoms with Crippen molar-refractivity contribution < 1.29 is 5.11 Å². The van der Waals surface area contributed by atoms with Crippen molar-refractivity contribution in [2.45, 2.75) is 26.3 Å². The van der Waals surface area contributed by atoms with Gasteiger partial charge in [0.2, 0.25) is 0 Å². The Hall–Kier alpha value is -0.680. The van der Waals surface area contributed by atoms with Crippen LogP contribution < -0.4 is 5.32 Å². The molecule has 0 aromatic carbocycles. The van der Waals surface area contributed by atoms with Gasteiger partial charge in [0.05, 0.1) is 17.1 Å². The van der Waals surface area contributed by atoms with Crippen LogP contribution in [0.5, 0.6) is 0 Å². The maximum atomic E-state index is 9.03. The molecule has 0 amide bonds. The number of aliphatic hydroxyl groups is 1. The summed E-state index contributed by atoms with van der Waals surface area (Å²) in [6.45, 7) is 3.94. The first-order chi connectivity index (χ1) is 6.67. The monoisotopic (exact) mass is 259 g/mol. The second-order valence-electron chi connectivity index (χ2n) is 3.05. The molecule has 1 aromatic rings. The minimum Gasteiger partial charge on any atom is -0.394 e. The topological polar surface area (TPSA) is 58.0 Å². The minimum atomic E-state index is 0.0422. The fourth-order valence-corrected chi connectivity index (χ4v) is 1.33. The van der Waals surface area contributed by atoms with Gasteiger partial charge in [0.1, 0.15) is 11.6 Å². The molecule has 0 radical (unpaired) electrons. The molecule has 0 saturated carbocycles. The molecule has 0 aliphatic carbocycles. The zero-order valence-corrected chi connectivity index (χ0v) is 9.87. The van der Waals surface area contributed by atoms with E-state index in [0.717, 1.165) is 16.7 Å². The summed E-state index contributed by atoms with van der Waals surface area (Å²) in [6.07, 6.45) is 2.56. The van der Waals surface area contributed by atoms with Crippen molar-refractivity contribution in [2.24, 2.45) is 0 Å². The normalized spacial score (nSPS) is 12.6. The molecule has 0 saturated heterocycles. The highest BCUT2D eigenvalue weighted by molar-refractivity contribution is 9.10. The highest BCUT2D eigenvalue weighted by Gasteiger charge is 2.08. The largest absolute Gasteiger partial charge is 0.394 e. The van der Waals surface area contributed by atoms with Crippen molar-refractivity contribution in [2.75, 3.05) is 11.9 Å². The number of anilines is 1. The predicted octanol–water partition coefficient (Wildman–Crippen LogP) is 1.73.